The first kappa shape index (κ1) is 16.3. The van der Waals surface area contributed by atoms with E-state index in [1.165, 1.54) is 0 Å². The minimum Gasteiger partial charge on any atom is -0.496 e. The lowest BCUT2D eigenvalue weighted by Crippen LogP contribution is -2.47. The number of benzene rings is 1. The molecule has 1 saturated heterocycles. The van der Waals surface area contributed by atoms with Gasteiger partial charge in [0.05, 0.1) is 12.7 Å². The summed E-state index contributed by atoms with van der Waals surface area (Å²) in [5, 5.41) is 18.6. The van der Waals surface area contributed by atoms with E-state index in [4.69, 9.17) is 9.47 Å². The van der Waals surface area contributed by atoms with Crippen molar-refractivity contribution in [3.8, 4) is 5.75 Å². The number of piperidine rings is 1. The number of nitrogens with zero attached hydrogens (tertiary/aromatic N) is 1. The van der Waals surface area contributed by atoms with Crippen LogP contribution in [0, 0.1) is 0 Å². The second-order valence-corrected chi connectivity index (χ2v) is 5.91. The molecule has 0 radical (unpaired) electrons. The summed E-state index contributed by atoms with van der Waals surface area (Å²) >= 11 is 0. The fourth-order valence-corrected chi connectivity index (χ4v) is 2.93. The van der Waals surface area contributed by atoms with Gasteiger partial charge >= 0.3 is 7.12 Å². The van der Waals surface area contributed by atoms with Crippen molar-refractivity contribution in [2.45, 2.75) is 31.9 Å². The topological polar surface area (TPSA) is 62.2 Å². The van der Waals surface area contributed by atoms with Gasteiger partial charge in [0, 0.05) is 25.8 Å². The number of rotatable bonds is 5. The highest BCUT2D eigenvalue weighted by atomic mass is 16.5. The van der Waals surface area contributed by atoms with Crippen LogP contribution in [0.5, 0.6) is 5.75 Å². The van der Waals surface area contributed by atoms with E-state index in [1.807, 2.05) is 0 Å². The van der Waals surface area contributed by atoms with Crippen molar-refractivity contribution >= 4 is 12.6 Å². The lowest BCUT2D eigenvalue weighted by molar-refractivity contribution is -0.0528. The van der Waals surface area contributed by atoms with E-state index < -0.39 is 7.12 Å². The molecule has 0 aliphatic carbocycles. The maximum absolute atomic E-state index is 9.32. The van der Waals surface area contributed by atoms with E-state index >= 15 is 0 Å². The molecular weight excluding hydrogens is 269 g/mol. The van der Waals surface area contributed by atoms with Crippen LogP contribution in [0.2, 0.25) is 0 Å². The van der Waals surface area contributed by atoms with Crippen LogP contribution < -0.4 is 10.2 Å². The van der Waals surface area contributed by atoms with Gasteiger partial charge in [-0.1, -0.05) is 12.1 Å². The fourth-order valence-electron chi connectivity index (χ4n) is 2.93. The Labute approximate surface area is 126 Å². The molecule has 21 heavy (non-hydrogen) atoms. The Hall–Kier alpha value is -1.08. The van der Waals surface area contributed by atoms with Gasteiger partial charge in [-0.25, -0.2) is 0 Å². The summed E-state index contributed by atoms with van der Waals surface area (Å²) in [4.78, 5) is 2.32. The van der Waals surface area contributed by atoms with E-state index in [9.17, 15) is 10.0 Å². The molecule has 1 aromatic carbocycles. The van der Waals surface area contributed by atoms with Crippen molar-refractivity contribution in [3.05, 3.63) is 23.8 Å². The highest BCUT2D eigenvalue weighted by Gasteiger charge is 2.31. The van der Waals surface area contributed by atoms with Crippen LogP contribution in [0.1, 0.15) is 25.3 Å². The van der Waals surface area contributed by atoms with Crippen LogP contribution in [0.4, 0.5) is 0 Å². The Bertz CT molecular complexity index is 483. The molecule has 0 aromatic heterocycles. The second-order valence-electron chi connectivity index (χ2n) is 5.91. The quantitative estimate of drug-likeness (QED) is 0.768. The molecule has 1 atom stereocenters. The minimum atomic E-state index is -1.46. The van der Waals surface area contributed by atoms with Gasteiger partial charge in [-0.3, -0.25) is 4.90 Å². The highest BCUT2D eigenvalue weighted by Crippen LogP contribution is 2.27. The van der Waals surface area contributed by atoms with Crippen LogP contribution in [0.15, 0.2) is 18.2 Å². The number of likely N-dealkylation sites (tertiary alicyclic amines) is 1. The number of methoxy groups -OCH3 is 2. The smallest absolute Gasteiger partial charge is 0.488 e. The van der Waals surface area contributed by atoms with Crippen LogP contribution in [0.25, 0.3) is 0 Å². The molecule has 1 unspecified atom stereocenters. The Morgan fingerprint density at radius 3 is 2.71 bits per heavy atom. The molecule has 0 spiro atoms. The van der Waals surface area contributed by atoms with E-state index in [0.717, 1.165) is 37.2 Å². The van der Waals surface area contributed by atoms with Gasteiger partial charge in [0.15, 0.2) is 0 Å². The molecule has 5 nitrogen and oxygen atoms in total. The molecule has 6 heteroatoms. The minimum absolute atomic E-state index is 0.112. The molecule has 1 aliphatic rings. The fraction of sp³-hybridized carbons (Fsp3) is 0.600. The predicted octanol–water partition coefficient (Wildman–Crippen LogP) is 0.376. The van der Waals surface area contributed by atoms with Gasteiger partial charge in [-0.15, -0.1) is 0 Å². The normalized spacial score (nSPS) is 23.1. The summed E-state index contributed by atoms with van der Waals surface area (Å²) in [5.74, 6) is 0.768. The zero-order valence-corrected chi connectivity index (χ0v) is 13.0. The largest absolute Gasteiger partial charge is 0.496 e. The van der Waals surface area contributed by atoms with Crippen LogP contribution >= 0.6 is 0 Å². The summed E-state index contributed by atoms with van der Waals surface area (Å²) in [7, 11) is 1.93. The molecule has 2 rings (SSSR count). The van der Waals surface area contributed by atoms with E-state index in [-0.39, 0.29) is 5.60 Å². The van der Waals surface area contributed by atoms with Crippen LogP contribution in [-0.4, -0.2) is 55.0 Å². The summed E-state index contributed by atoms with van der Waals surface area (Å²) in [6.07, 6.45) is 2.15. The monoisotopic (exact) mass is 293 g/mol. The Morgan fingerprint density at radius 2 is 2.10 bits per heavy atom. The SMILES string of the molecule is COc1ccc(B(O)O)cc1CN1CCCC(C)(OC)C1. The summed E-state index contributed by atoms with van der Waals surface area (Å²) in [5.41, 5.74) is 1.33. The van der Waals surface area contributed by atoms with Crippen molar-refractivity contribution < 1.29 is 19.5 Å². The lowest BCUT2D eigenvalue weighted by atomic mass is 9.79. The zero-order chi connectivity index (χ0) is 15.5. The van der Waals surface area contributed by atoms with Gasteiger partial charge in [0.25, 0.3) is 0 Å². The molecule has 0 saturated carbocycles. The van der Waals surface area contributed by atoms with Gasteiger partial charge < -0.3 is 19.5 Å². The van der Waals surface area contributed by atoms with Gasteiger partial charge in [0.2, 0.25) is 0 Å². The third-order valence-electron chi connectivity index (χ3n) is 4.23. The van der Waals surface area contributed by atoms with Crippen LogP contribution in [-0.2, 0) is 11.3 Å². The van der Waals surface area contributed by atoms with Crippen LogP contribution in [0.3, 0.4) is 0 Å². The first-order valence-electron chi connectivity index (χ1n) is 7.28. The molecule has 1 heterocycles. The highest BCUT2D eigenvalue weighted by molar-refractivity contribution is 6.58. The summed E-state index contributed by atoms with van der Waals surface area (Å²) in [6, 6.07) is 5.24. The van der Waals surface area contributed by atoms with Crippen molar-refractivity contribution in [1.82, 2.24) is 4.90 Å². The average molecular weight is 293 g/mol. The Kier molecular flexibility index (Phi) is 5.27. The molecule has 116 valence electrons. The number of hydrogen-bond donors (Lipinski definition) is 2. The number of hydrogen-bond acceptors (Lipinski definition) is 5. The molecule has 0 amide bonds. The standard InChI is InChI=1S/C15H24BNO4/c1-15(21-3)7-4-8-17(11-15)10-12-9-13(16(18)19)5-6-14(12)20-2/h5-6,9,18-19H,4,7-8,10-11H2,1-3H3. The maximum Gasteiger partial charge on any atom is 0.488 e. The Morgan fingerprint density at radius 1 is 1.33 bits per heavy atom. The number of ether oxygens (including phenoxy) is 2. The predicted molar refractivity (Wildman–Crippen MR) is 82.7 cm³/mol. The van der Waals surface area contributed by atoms with Crippen molar-refractivity contribution in [1.29, 1.82) is 0 Å². The van der Waals surface area contributed by atoms with E-state index in [1.54, 1.807) is 32.4 Å². The third-order valence-corrected chi connectivity index (χ3v) is 4.23. The molecular formula is C15H24BNO4. The van der Waals surface area contributed by atoms with Crippen molar-refractivity contribution in [2.75, 3.05) is 27.3 Å². The average Bonchev–Trinajstić information content (AvgIpc) is 2.47. The molecule has 1 aliphatic heterocycles. The second kappa shape index (κ2) is 6.79. The lowest BCUT2D eigenvalue weighted by Gasteiger charge is -2.39. The van der Waals surface area contributed by atoms with Gasteiger partial charge in [-0.05, 0) is 37.8 Å². The first-order chi connectivity index (χ1) is 9.97. The van der Waals surface area contributed by atoms with E-state index in [0.29, 0.717) is 12.0 Å². The summed E-state index contributed by atoms with van der Waals surface area (Å²) in [6.45, 7) is 4.71. The third kappa shape index (κ3) is 3.98. The Balaban J connectivity index is 2.16. The zero-order valence-electron chi connectivity index (χ0n) is 13.0. The molecule has 1 aromatic rings. The van der Waals surface area contributed by atoms with Gasteiger partial charge in [-0.2, -0.15) is 0 Å². The molecule has 1 fully saturated rings. The first-order valence-corrected chi connectivity index (χ1v) is 7.28. The molecule has 0 bridgehead atoms. The molecule has 2 N–H and O–H groups in total. The van der Waals surface area contributed by atoms with Crippen molar-refractivity contribution in [2.24, 2.45) is 0 Å². The van der Waals surface area contributed by atoms with Gasteiger partial charge in [0.1, 0.15) is 5.75 Å². The summed E-state index contributed by atoms with van der Waals surface area (Å²) < 4.78 is 11.0. The van der Waals surface area contributed by atoms with E-state index in [2.05, 4.69) is 11.8 Å². The van der Waals surface area contributed by atoms with Crippen molar-refractivity contribution in [3.63, 3.8) is 0 Å². The maximum atomic E-state index is 9.32.